The van der Waals surface area contributed by atoms with Gasteiger partial charge in [0.05, 0.1) is 18.5 Å². The van der Waals surface area contributed by atoms with E-state index >= 15 is 0 Å². The van der Waals surface area contributed by atoms with Crippen LogP contribution in [0.5, 0.6) is 0 Å². The van der Waals surface area contributed by atoms with Crippen molar-refractivity contribution in [3.05, 3.63) is 59.7 Å². The maximum absolute atomic E-state index is 12.6. The van der Waals surface area contributed by atoms with Crippen molar-refractivity contribution in [3.63, 3.8) is 0 Å². The maximum Gasteiger partial charge on any atom is 0.471 e. The molecule has 0 spiro atoms. The fourth-order valence-electron chi connectivity index (χ4n) is 2.14. The Labute approximate surface area is 168 Å². The van der Waals surface area contributed by atoms with E-state index in [4.69, 9.17) is 12.2 Å². The van der Waals surface area contributed by atoms with E-state index in [2.05, 4.69) is 15.4 Å². The number of hydrogen-bond acceptors (Lipinski definition) is 5. The number of amides is 2. The number of benzene rings is 2. The van der Waals surface area contributed by atoms with E-state index in [0.29, 0.717) is 5.56 Å². The molecule has 0 aliphatic rings. The van der Waals surface area contributed by atoms with Crippen LogP contribution in [0.25, 0.3) is 0 Å². The molecule has 152 valence electrons. The number of hydrogen-bond donors (Lipinski definition) is 3. The average molecular weight is 425 g/mol. The first kappa shape index (κ1) is 21.8. The van der Waals surface area contributed by atoms with Crippen LogP contribution in [0.3, 0.4) is 0 Å². The lowest BCUT2D eigenvalue weighted by molar-refractivity contribution is -0.167. The van der Waals surface area contributed by atoms with E-state index in [1.165, 1.54) is 12.1 Å². The number of alkyl carbamates (subject to hydrolysis) is 1. The van der Waals surface area contributed by atoms with Crippen LogP contribution < -0.4 is 16.0 Å². The monoisotopic (exact) mass is 425 g/mol. The molecule has 0 bridgehead atoms. The van der Waals surface area contributed by atoms with Gasteiger partial charge in [-0.2, -0.15) is 13.2 Å². The molecule has 2 rings (SSSR count). The molecule has 0 radical (unpaired) electrons. The van der Waals surface area contributed by atoms with Gasteiger partial charge in [-0.15, -0.1) is 0 Å². The molecule has 11 heteroatoms. The van der Waals surface area contributed by atoms with E-state index in [1.54, 1.807) is 35.6 Å². The summed E-state index contributed by atoms with van der Waals surface area (Å²) >= 11 is 4.88. The van der Waals surface area contributed by atoms with Crippen molar-refractivity contribution < 1.29 is 32.3 Å². The van der Waals surface area contributed by atoms with Gasteiger partial charge in [0, 0.05) is 11.1 Å². The number of rotatable bonds is 4. The van der Waals surface area contributed by atoms with Crippen molar-refractivity contribution in [2.75, 3.05) is 17.7 Å². The minimum atomic E-state index is -5.12. The molecule has 29 heavy (non-hydrogen) atoms. The molecule has 0 unspecified atom stereocenters. The van der Waals surface area contributed by atoms with E-state index in [9.17, 15) is 27.6 Å². The van der Waals surface area contributed by atoms with Gasteiger partial charge in [0.2, 0.25) is 0 Å². The standard InChI is InChI=1S/C18H14F3N3O4S/c1-28-17(27)24-16(29)23-13-9-11(14(25)10-5-3-2-4-6-10)7-8-12(13)22-15(26)18(19,20)21/h2-9H,1H3,(H,22,26)(H2,23,24,27,29). The van der Waals surface area contributed by atoms with Crippen LogP contribution in [0.15, 0.2) is 48.5 Å². The average Bonchev–Trinajstić information content (AvgIpc) is 2.68. The molecule has 0 aromatic heterocycles. The lowest BCUT2D eigenvalue weighted by Gasteiger charge is -2.16. The summed E-state index contributed by atoms with van der Waals surface area (Å²) in [6.07, 6.45) is -6.04. The molecule has 0 aliphatic heterocycles. The number of halogens is 3. The zero-order valence-electron chi connectivity index (χ0n) is 14.8. The quantitative estimate of drug-likeness (QED) is 0.513. The first-order valence-electron chi connectivity index (χ1n) is 7.89. The summed E-state index contributed by atoms with van der Waals surface area (Å²) in [6, 6.07) is 11.7. The van der Waals surface area contributed by atoms with Gasteiger partial charge in [-0.25, -0.2) is 4.79 Å². The lowest BCUT2D eigenvalue weighted by Crippen LogP contribution is -2.35. The number of ether oxygens (including phenoxy) is 1. The second-order valence-electron chi connectivity index (χ2n) is 5.48. The Kier molecular flexibility index (Phi) is 6.89. The Hall–Kier alpha value is -3.47. The zero-order valence-corrected chi connectivity index (χ0v) is 15.6. The Morgan fingerprint density at radius 2 is 1.59 bits per heavy atom. The maximum atomic E-state index is 12.6. The third-order valence-electron chi connectivity index (χ3n) is 3.47. The van der Waals surface area contributed by atoms with Gasteiger partial charge >= 0.3 is 18.2 Å². The third-order valence-corrected chi connectivity index (χ3v) is 3.68. The molecule has 0 saturated heterocycles. The molecule has 2 amide bonds. The summed E-state index contributed by atoms with van der Waals surface area (Å²) < 4.78 is 42.1. The summed E-state index contributed by atoms with van der Waals surface area (Å²) in [6.45, 7) is 0. The van der Waals surface area contributed by atoms with Crippen molar-refractivity contribution in [2.45, 2.75) is 6.18 Å². The first-order chi connectivity index (χ1) is 13.6. The summed E-state index contributed by atoms with van der Waals surface area (Å²) in [5.41, 5.74) is 0.0297. The van der Waals surface area contributed by atoms with E-state index in [1.807, 2.05) is 0 Å². The van der Waals surface area contributed by atoms with E-state index in [0.717, 1.165) is 13.2 Å². The van der Waals surface area contributed by atoms with Crippen molar-refractivity contribution in [3.8, 4) is 0 Å². The van der Waals surface area contributed by atoms with Crippen LogP contribution in [0.4, 0.5) is 29.3 Å². The van der Waals surface area contributed by atoms with Gasteiger partial charge < -0.3 is 15.4 Å². The Morgan fingerprint density at radius 1 is 0.931 bits per heavy atom. The van der Waals surface area contributed by atoms with Crippen LogP contribution in [0, 0.1) is 0 Å². The van der Waals surface area contributed by atoms with Crippen LogP contribution in [-0.4, -0.2) is 36.2 Å². The molecule has 0 saturated carbocycles. The second-order valence-corrected chi connectivity index (χ2v) is 5.89. The van der Waals surface area contributed by atoms with Crippen molar-refractivity contribution in [2.24, 2.45) is 0 Å². The smallest absolute Gasteiger partial charge is 0.453 e. The van der Waals surface area contributed by atoms with Crippen molar-refractivity contribution >= 4 is 46.5 Å². The zero-order chi connectivity index (χ0) is 21.6. The van der Waals surface area contributed by atoms with Gasteiger partial charge in [0.15, 0.2) is 10.9 Å². The van der Waals surface area contributed by atoms with Crippen LogP contribution >= 0.6 is 12.2 Å². The Morgan fingerprint density at radius 3 is 2.17 bits per heavy atom. The Balaban J connectivity index is 2.37. The molecule has 2 aromatic rings. The number of anilines is 2. The highest BCUT2D eigenvalue weighted by Crippen LogP contribution is 2.27. The molecule has 0 aliphatic carbocycles. The van der Waals surface area contributed by atoms with Gasteiger partial charge in [0.25, 0.3) is 0 Å². The topological polar surface area (TPSA) is 96.5 Å². The number of methoxy groups -OCH3 is 1. The third kappa shape index (κ3) is 6.01. The minimum Gasteiger partial charge on any atom is -0.453 e. The molecular weight excluding hydrogens is 411 g/mol. The number of alkyl halides is 3. The predicted octanol–water partition coefficient (Wildman–Crippen LogP) is 3.47. The van der Waals surface area contributed by atoms with Crippen LogP contribution in [0.1, 0.15) is 15.9 Å². The lowest BCUT2D eigenvalue weighted by atomic mass is 10.0. The molecule has 2 aromatic carbocycles. The highest BCUT2D eigenvalue weighted by atomic mass is 32.1. The van der Waals surface area contributed by atoms with Gasteiger partial charge in [-0.05, 0) is 30.4 Å². The number of carbonyl (C=O) groups excluding carboxylic acids is 3. The Bertz CT molecular complexity index is 949. The highest BCUT2D eigenvalue weighted by Gasteiger charge is 2.39. The van der Waals surface area contributed by atoms with Crippen molar-refractivity contribution in [1.82, 2.24) is 5.32 Å². The summed E-state index contributed by atoms with van der Waals surface area (Å²) in [7, 11) is 1.09. The number of nitrogens with one attached hydrogen (secondary N) is 3. The van der Waals surface area contributed by atoms with Gasteiger partial charge in [0.1, 0.15) is 0 Å². The molecule has 7 nitrogen and oxygen atoms in total. The highest BCUT2D eigenvalue weighted by molar-refractivity contribution is 7.80. The normalized spacial score (nSPS) is 10.6. The SMILES string of the molecule is COC(=O)NC(=S)Nc1cc(C(=O)c2ccccc2)ccc1NC(=O)C(F)(F)F. The number of ketones is 1. The fraction of sp³-hybridized carbons (Fsp3) is 0.111. The van der Waals surface area contributed by atoms with E-state index in [-0.39, 0.29) is 22.1 Å². The van der Waals surface area contributed by atoms with Gasteiger partial charge in [-0.3, -0.25) is 14.9 Å². The largest absolute Gasteiger partial charge is 0.471 e. The number of thiocarbonyl (C=S) groups is 1. The summed E-state index contributed by atoms with van der Waals surface area (Å²) in [4.78, 5) is 35.1. The van der Waals surface area contributed by atoms with Crippen LogP contribution in [0.2, 0.25) is 0 Å². The predicted molar refractivity (Wildman–Crippen MR) is 103 cm³/mol. The summed E-state index contributed by atoms with van der Waals surface area (Å²) in [5, 5.41) is 5.94. The molecule has 3 N–H and O–H groups in total. The molecule has 0 heterocycles. The fourth-order valence-corrected chi connectivity index (χ4v) is 2.34. The van der Waals surface area contributed by atoms with E-state index < -0.39 is 24.0 Å². The van der Waals surface area contributed by atoms with Gasteiger partial charge in [-0.1, -0.05) is 30.3 Å². The minimum absolute atomic E-state index is 0.115. The number of carbonyl (C=O) groups is 3. The van der Waals surface area contributed by atoms with Crippen molar-refractivity contribution in [1.29, 1.82) is 0 Å². The molecule has 0 atom stereocenters. The van der Waals surface area contributed by atoms with Crippen LogP contribution in [-0.2, 0) is 9.53 Å². The molecular formula is C18H14F3N3O4S. The summed E-state index contributed by atoms with van der Waals surface area (Å²) in [5.74, 6) is -2.62. The first-order valence-corrected chi connectivity index (χ1v) is 8.30. The second kappa shape index (κ2) is 9.15. The molecule has 0 fully saturated rings.